The van der Waals surface area contributed by atoms with Gasteiger partial charge < -0.3 is 10.2 Å². The molecule has 3 heteroatoms. The molecule has 0 saturated heterocycles. The van der Waals surface area contributed by atoms with Crippen LogP contribution in [0.5, 0.6) is 0 Å². The van der Waals surface area contributed by atoms with Crippen LogP contribution >= 0.6 is 0 Å². The van der Waals surface area contributed by atoms with Crippen molar-refractivity contribution in [2.45, 2.75) is 39.2 Å². The van der Waals surface area contributed by atoms with Crippen LogP contribution in [0.1, 0.15) is 33.1 Å². The van der Waals surface area contributed by atoms with Crippen LogP contribution in [0.3, 0.4) is 0 Å². The first kappa shape index (κ1) is 11.5. The molecule has 0 unspecified atom stereocenters. The minimum absolute atomic E-state index is 0.332. The van der Waals surface area contributed by atoms with E-state index in [1.54, 1.807) is 0 Å². The van der Waals surface area contributed by atoms with Gasteiger partial charge >= 0.3 is 0 Å². The molecule has 0 radical (unpaired) electrons. The van der Waals surface area contributed by atoms with Crippen molar-refractivity contribution in [2.75, 3.05) is 20.1 Å². The van der Waals surface area contributed by atoms with Gasteiger partial charge in [-0.3, -0.25) is 4.79 Å². The monoisotopic (exact) mass is 198 g/mol. The zero-order valence-corrected chi connectivity index (χ0v) is 9.55. The number of likely N-dealkylation sites (N-methyl/N-ethyl adjacent to an activating group) is 1. The van der Waals surface area contributed by atoms with Crippen LogP contribution in [0.15, 0.2) is 0 Å². The number of hydrogen-bond donors (Lipinski definition) is 1. The second kappa shape index (κ2) is 5.35. The molecule has 0 atom stereocenters. The average Bonchev–Trinajstić information content (AvgIpc) is 2.00. The van der Waals surface area contributed by atoms with E-state index in [1.807, 2.05) is 11.9 Å². The Morgan fingerprint density at radius 2 is 2.14 bits per heavy atom. The fraction of sp³-hybridized carbons (Fsp3) is 0.909. The number of amides is 1. The van der Waals surface area contributed by atoms with Gasteiger partial charge in [-0.15, -0.1) is 0 Å². The topological polar surface area (TPSA) is 32.3 Å². The quantitative estimate of drug-likeness (QED) is 0.721. The number of carbonyl (C=O) groups is 1. The predicted octanol–water partition coefficient (Wildman–Crippen LogP) is 1.24. The molecule has 1 rings (SSSR count). The number of rotatable bonds is 5. The van der Waals surface area contributed by atoms with Crippen LogP contribution in [0.2, 0.25) is 0 Å². The van der Waals surface area contributed by atoms with Gasteiger partial charge in [0.15, 0.2) is 0 Å². The lowest BCUT2D eigenvalue weighted by Gasteiger charge is -2.29. The summed E-state index contributed by atoms with van der Waals surface area (Å²) in [6.45, 7) is 5.96. The van der Waals surface area contributed by atoms with E-state index in [2.05, 4.69) is 19.2 Å². The van der Waals surface area contributed by atoms with Gasteiger partial charge in [-0.1, -0.05) is 20.3 Å². The van der Waals surface area contributed by atoms with Gasteiger partial charge in [-0.05, 0) is 12.8 Å². The molecule has 0 bridgehead atoms. The van der Waals surface area contributed by atoms with Crippen molar-refractivity contribution in [3.05, 3.63) is 0 Å². The van der Waals surface area contributed by atoms with E-state index in [4.69, 9.17) is 0 Å². The maximum atomic E-state index is 11.7. The molecule has 0 aliphatic heterocycles. The summed E-state index contributed by atoms with van der Waals surface area (Å²) in [6, 6.07) is 0.502. The second-order valence-electron chi connectivity index (χ2n) is 4.50. The summed E-state index contributed by atoms with van der Waals surface area (Å²) >= 11 is 0. The fourth-order valence-corrected chi connectivity index (χ4v) is 1.60. The van der Waals surface area contributed by atoms with Crippen molar-refractivity contribution in [3.8, 4) is 0 Å². The SMILES string of the molecule is CC(C)NCCN(C)C(=O)C1CCC1. The van der Waals surface area contributed by atoms with E-state index in [9.17, 15) is 4.79 Å². The fourth-order valence-electron chi connectivity index (χ4n) is 1.60. The maximum Gasteiger partial charge on any atom is 0.225 e. The van der Waals surface area contributed by atoms with Crippen LogP contribution in [0, 0.1) is 5.92 Å². The standard InChI is InChI=1S/C11H22N2O/c1-9(2)12-7-8-13(3)11(14)10-5-4-6-10/h9-10,12H,4-8H2,1-3H3. The first-order valence-corrected chi connectivity index (χ1v) is 5.59. The van der Waals surface area contributed by atoms with Crippen molar-refractivity contribution in [1.29, 1.82) is 0 Å². The zero-order valence-electron chi connectivity index (χ0n) is 9.55. The second-order valence-corrected chi connectivity index (χ2v) is 4.50. The molecule has 1 saturated carbocycles. The van der Waals surface area contributed by atoms with Crippen molar-refractivity contribution in [3.63, 3.8) is 0 Å². The van der Waals surface area contributed by atoms with Gasteiger partial charge in [0.25, 0.3) is 0 Å². The van der Waals surface area contributed by atoms with Gasteiger partial charge in [-0.2, -0.15) is 0 Å². The van der Waals surface area contributed by atoms with Crippen molar-refractivity contribution >= 4 is 5.91 Å². The predicted molar refractivity (Wildman–Crippen MR) is 58.1 cm³/mol. The zero-order chi connectivity index (χ0) is 10.6. The maximum absolute atomic E-state index is 11.7. The highest BCUT2D eigenvalue weighted by Crippen LogP contribution is 2.27. The Bertz CT molecular complexity index is 188. The van der Waals surface area contributed by atoms with Crippen LogP contribution in [-0.2, 0) is 4.79 Å². The van der Waals surface area contributed by atoms with E-state index in [0.29, 0.717) is 17.9 Å². The highest BCUT2D eigenvalue weighted by Gasteiger charge is 2.27. The van der Waals surface area contributed by atoms with Crippen LogP contribution < -0.4 is 5.32 Å². The average molecular weight is 198 g/mol. The molecule has 0 aromatic heterocycles. The molecule has 0 heterocycles. The lowest BCUT2D eigenvalue weighted by atomic mass is 9.84. The molecular formula is C11H22N2O. The van der Waals surface area contributed by atoms with Crippen LogP contribution in [0.25, 0.3) is 0 Å². The Labute approximate surface area is 86.9 Å². The van der Waals surface area contributed by atoms with E-state index < -0.39 is 0 Å². The Hall–Kier alpha value is -0.570. The summed E-state index contributed by atoms with van der Waals surface area (Å²) < 4.78 is 0. The summed E-state index contributed by atoms with van der Waals surface area (Å²) in [6.07, 6.45) is 3.43. The third kappa shape index (κ3) is 3.29. The highest BCUT2D eigenvalue weighted by atomic mass is 16.2. The van der Waals surface area contributed by atoms with Gasteiger partial charge in [0.05, 0.1) is 0 Å². The normalized spacial score (nSPS) is 16.9. The molecule has 82 valence electrons. The summed E-state index contributed by atoms with van der Waals surface area (Å²) in [5.74, 6) is 0.667. The van der Waals surface area contributed by atoms with E-state index in [1.165, 1.54) is 6.42 Å². The number of nitrogens with one attached hydrogen (secondary N) is 1. The molecule has 0 aromatic carbocycles. The lowest BCUT2D eigenvalue weighted by Crippen LogP contribution is -2.40. The number of nitrogens with zero attached hydrogens (tertiary/aromatic N) is 1. The largest absolute Gasteiger partial charge is 0.344 e. The molecule has 1 aliphatic carbocycles. The van der Waals surface area contributed by atoms with Gasteiger partial charge in [0.2, 0.25) is 5.91 Å². The van der Waals surface area contributed by atoms with E-state index in [0.717, 1.165) is 25.9 Å². The van der Waals surface area contributed by atoms with E-state index >= 15 is 0 Å². The molecule has 0 spiro atoms. The highest BCUT2D eigenvalue weighted by molar-refractivity contribution is 5.79. The minimum atomic E-state index is 0.332. The van der Waals surface area contributed by atoms with Crippen LogP contribution in [0.4, 0.5) is 0 Å². The van der Waals surface area contributed by atoms with Gasteiger partial charge in [0.1, 0.15) is 0 Å². The Balaban J connectivity index is 2.13. The number of hydrogen-bond acceptors (Lipinski definition) is 2. The summed E-state index contributed by atoms with van der Waals surface area (Å²) in [5.41, 5.74) is 0. The molecule has 0 aromatic rings. The molecule has 3 nitrogen and oxygen atoms in total. The van der Waals surface area contributed by atoms with Gasteiger partial charge in [0, 0.05) is 32.1 Å². The summed E-state index contributed by atoms with van der Waals surface area (Å²) in [7, 11) is 1.91. The molecule has 1 N–H and O–H groups in total. The van der Waals surface area contributed by atoms with Crippen molar-refractivity contribution < 1.29 is 4.79 Å². The molecule has 1 aliphatic rings. The Morgan fingerprint density at radius 3 is 2.57 bits per heavy atom. The first-order chi connectivity index (χ1) is 6.61. The van der Waals surface area contributed by atoms with Gasteiger partial charge in [-0.25, -0.2) is 0 Å². The summed E-state index contributed by atoms with van der Waals surface area (Å²) in [4.78, 5) is 13.6. The summed E-state index contributed by atoms with van der Waals surface area (Å²) in [5, 5.41) is 3.31. The Kier molecular flexibility index (Phi) is 4.39. The smallest absolute Gasteiger partial charge is 0.225 e. The van der Waals surface area contributed by atoms with Crippen molar-refractivity contribution in [2.24, 2.45) is 5.92 Å². The third-order valence-electron chi connectivity index (χ3n) is 2.83. The minimum Gasteiger partial charge on any atom is -0.344 e. The Morgan fingerprint density at radius 1 is 1.50 bits per heavy atom. The molecular weight excluding hydrogens is 176 g/mol. The number of carbonyl (C=O) groups excluding carboxylic acids is 1. The lowest BCUT2D eigenvalue weighted by molar-refractivity contribution is -0.136. The molecule has 1 fully saturated rings. The first-order valence-electron chi connectivity index (χ1n) is 5.59. The van der Waals surface area contributed by atoms with Crippen LogP contribution in [-0.4, -0.2) is 37.0 Å². The van der Waals surface area contributed by atoms with Crippen molar-refractivity contribution in [1.82, 2.24) is 10.2 Å². The van der Waals surface area contributed by atoms with E-state index in [-0.39, 0.29) is 0 Å². The molecule has 14 heavy (non-hydrogen) atoms. The third-order valence-corrected chi connectivity index (χ3v) is 2.83. The molecule has 1 amide bonds.